The molecular weight excluding hydrogens is 178 g/mol. The SMILES string of the molecule is C=C/C(N=C)=C(COC)\C(=C/C)OC. The highest BCUT2D eigenvalue weighted by molar-refractivity contribution is 5.41. The van der Waals surface area contributed by atoms with Gasteiger partial charge in [-0.2, -0.15) is 0 Å². The molecule has 0 aliphatic rings. The van der Waals surface area contributed by atoms with E-state index in [0.717, 1.165) is 11.3 Å². The molecule has 0 saturated carbocycles. The lowest BCUT2D eigenvalue weighted by atomic mass is 10.1. The van der Waals surface area contributed by atoms with Crippen LogP contribution < -0.4 is 0 Å². The fraction of sp³-hybridized carbons (Fsp3) is 0.364. The van der Waals surface area contributed by atoms with Gasteiger partial charge >= 0.3 is 0 Å². The topological polar surface area (TPSA) is 30.8 Å². The lowest BCUT2D eigenvalue weighted by Crippen LogP contribution is -2.02. The van der Waals surface area contributed by atoms with Crippen molar-refractivity contribution >= 4 is 6.72 Å². The van der Waals surface area contributed by atoms with E-state index in [2.05, 4.69) is 18.3 Å². The van der Waals surface area contributed by atoms with Gasteiger partial charge in [0.05, 0.1) is 19.4 Å². The maximum Gasteiger partial charge on any atom is 0.122 e. The number of rotatable bonds is 6. The van der Waals surface area contributed by atoms with Gasteiger partial charge in [0.15, 0.2) is 0 Å². The monoisotopic (exact) mass is 195 g/mol. The number of allylic oxidation sites excluding steroid dienone is 2. The van der Waals surface area contributed by atoms with Gasteiger partial charge in [-0.1, -0.05) is 6.58 Å². The Kier molecular flexibility index (Phi) is 6.41. The summed E-state index contributed by atoms with van der Waals surface area (Å²) in [4.78, 5) is 3.85. The number of hydrogen-bond acceptors (Lipinski definition) is 3. The van der Waals surface area contributed by atoms with Crippen molar-refractivity contribution < 1.29 is 9.47 Å². The normalized spacial score (nSPS) is 13.2. The van der Waals surface area contributed by atoms with Gasteiger partial charge in [0.1, 0.15) is 5.76 Å². The van der Waals surface area contributed by atoms with Crippen LogP contribution in [-0.4, -0.2) is 27.5 Å². The molecule has 14 heavy (non-hydrogen) atoms. The summed E-state index contributed by atoms with van der Waals surface area (Å²) in [7, 11) is 3.22. The first kappa shape index (κ1) is 12.7. The Balaban J connectivity index is 5.18. The predicted molar refractivity (Wildman–Crippen MR) is 59.4 cm³/mol. The summed E-state index contributed by atoms with van der Waals surface area (Å²) in [5.74, 6) is 0.731. The second-order valence-corrected chi connectivity index (χ2v) is 2.52. The van der Waals surface area contributed by atoms with Crippen LogP contribution in [0.1, 0.15) is 6.92 Å². The minimum Gasteiger partial charge on any atom is -0.497 e. The van der Waals surface area contributed by atoms with E-state index in [1.165, 1.54) is 0 Å². The first-order valence-electron chi connectivity index (χ1n) is 4.27. The van der Waals surface area contributed by atoms with Crippen molar-refractivity contribution in [2.75, 3.05) is 20.8 Å². The summed E-state index contributed by atoms with van der Waals surface area (Å²) >= 11 is 0. The maximum absolute atomic E-state index is 5.19. The molecule has 0 atom stereocenters. The van der Waals surface area contributed by atoms with Crippen molar-refractivity contribution in [2.24, 2.45) is 4.99 Å². The summed E-state index contributed by atoms with van der Waals surface area (Å²) in [5, 5.41) is 0. The number of methoxy groups -OCH3 is 2. The van der Waals surface area contributed by atoms with Crippen molar-refractivity contribution in [3.05, 3.63) is 35.8 Å². The molecule has 0 fully saturated rings. The maximum atomic E-state index is 5.19. The molecule has 3 heteroatoms. The second-order valence-electron chi connectivity index (χ2n) is 2.52. The van der Waals surface area contributed by atoms with Gasteiger partial charge in [0, 0.05) is 12.7 Å². The zero-order valence-corrected chi connectivity index (χ0v) is 9.04. The third-order valence-electron chi connectivity index (χ3n) is 1.74. The highest BCUT2D eigenvalue weighted by atomic mass is 16.5. The lowest BCUT2D eigenvalue weighted by Gasteiger charge is -2.11. The molecule has 0 radical (unpaired) electrons. The fourth-order valence-electron chi connectivity index (χ4n) is 1.11. The molecule has 0 amide bonds. The van der Waals surface area contributed by atoms with E-state index in [1.54, 1.807) is 20.3 Å². The molecule has 0 aromatic carbocycles. The standard InChI is InChI=1S/C11H17NO2/c1-6-10(12-3)9(8-13-4)11(7-2)14-5/h6-7H,1,3,8H2,2,4-5H3/b10-9+,11-7+. The summed E-state index contributed by atoms with van der Waals surface area (Å²) in [6.07, 6.45) is 3.48. The zero-order valence-electron chi connectivity index (χ0n) is 9.04. The van der Waals surface area contributed by atoms with Crippen molar-refractivity contribution in [3.63, 3.8) is 0 Å². The van der Waals surface area contributed by atoms with Crippen LogP contribution in [0, 0.1) is 0 Å². The fourth-order valence-corrected chi connectivity index (χ4v) is 1.11. The van der Waals surface area contributed by atoms with Gasteiger partial charge in [0.2, 0.25) is 0 Å². The quantitative estimate of drug-likeness (QED) is 0.370. The van der Waals surface area contributed by atoms with Crippen LogP contribution in [0.25, 0.3) is 0 Å². The van der Waals surface area contributed by atoms with Crippen molar-refractivity contribution in [3.8, 4) is 0 Å². The van der Waals surface area contributed by atoms with Crippen LogP contribution in [0.2, 0.25) is 0 Å². The third kappa shape index (κ3) is 3.18. The minimum absolute atomic E-state index is 0.424. The minimum atomic E-state index is 0.424. The molecule has 0 N–H and O–H groups in total. The van der Waals surface area contributed by atoms with Crippen molar-refractivity contribution in [1.29, 1.82) is 0 Å². The molecule has 0 aromatic rings. The molecule has 0 aromatic heterocycles. The number of nitrogens with zero attached hydrogens (tertiary/aromatic N) is 1. The smallest absolute Gasteiger partial charge is 0.122 e. The summed E-state index contributed by atoms with van der Waals surface area (Å²) in [6, 6.07) is 0. The van der Waals surface area contributed by atoms with Gasteiger partial charge in [0.25, 0.3) is 0 Å². The van der Waals surface area contributed by atoms with Gasteiger partial charge < -0.3 is 9.47 Å². The van der Waals surface area contributed by atoms with Crippen LogP contribution in [0.15, 0.2) is 40.8 Å². The second kappa shape index (κ2) is 7.09. The molecule has 0 bridgehead atoms. The van der Waals surface area contributed by atoms with Crippen LogP contribution in [0.4, 0.5) is 0 Å². The van der Waals surface area contributed by atoms with E-state index in [0.29, 0.717) is 12.3 Å². The average molecular weight is 195 g/mol. The molecule has 78 valence electrons. The Morgan fingerprint density at radius 3 is 2.36 bits per heavy atom. The van der Waals surface area contributed by atoms with Crippen molar-refractivity contribution in [2.45, 2.75) is 6.92 Å². The molecule has 0 spiro atoms. The Labute approximate surface area is 85.4 Å². The summed E-state index contributed by atoms with van der Waals surface area (Å²) in [5.41, 5.74) is 1.53. The number of hydrogen-bond donors (Lipinski definition) is 0. The first-order chi connectivity index (χ1) is 6.74. The van der Waals surface area contributed by atoms with Gasteiger partial charge in [-0.15, -0.1) is 0 Å². The van der Waals surface area contributed by atoms with Gasteiger partial charge in [-0.05, 0) is 25.8 Å². The Morgan fingerprint density at radius 1 is 1.43 bits per heavy atom. The van der Waals surface area contributed by atoms with E-state index < -0.39 is 0 Å². The van der Waals surface area contributed by atoms with Crippen molar-refractivity contribution in [1.82, 2.24) is 0 Å². The van der Waals surface area contributed by atoms with Crippen LogP contribution >= 0.6 is 0 Å². The average Bonchev–Trinajstić information content (AvgIpc) is 2.21. The molecule has 3 nitrogen and oxygen atoms in total. The zero-order chi connectivity index (χ0) is 11.0. The predicted octanol–water partition coefficient (Wildman–Crippen LogP) is 2.32. The Morgan fingerprint density at radius 2 is 2.07 bits per heavy atom. The summed E-state index contributed by atoms with van der Waals surface area (Å²) < 4.78 is 10.2. The molecule has 0 heterocycles. The van der Waals surface area contributed by atoms with E-state index in [-0.39, 0.29) is 0 Å². The van der Waals surface area contributed by atoms with Gasteiger partial charge in [-0.25, -0.2) is 0 Å². The van der Waals surface area contributed by atoms with E-state index in [9.17, 15) is 0 Å². The number of ether oxygens (including phenoxy) is 2. The van der Waals surface area contributed by atoms with Gasteiger partial charge in [-0.3, -0.25) is 4.99 Å². The highest BCUT2D eigenvalue weighted by Gasteiger charge is 2.08. The molecule has 0 aliphatic carbocycles. The van der Waals surface area contributed by atoms with Crippen LogP contribution in [0.3, 0.4) is 0 Å². The highest BCUT2D eigenvalue weighted by Crippen LogP contribution is 2.17. The van der Waals surface area contributed by atoms with Crippen LogP contribution in [-0.2, 0) is 9.47 Å². The van der Waals surface area contributed by atoms with E-state index in [1.807, 2.05) is 13.0 Å². The third-order valence-corrected chi connectivity index (χ3v) is 1.74. The molecule has 0 aliphatic heterocycles. The largest absolute Gasteiger partial charge is 0.497 e. The Hall–Kier alpha value is -1.35. The molecular formula is C11H17NO2. The molecule has 0 unspecified atom stereocenters. The first-order valence-corrected chi connectivity index (χ1v) is 4.27. The van der Waals surface area contributed by atoms with E-state index >= 15 is 0 Å². The lowest BCUT2D eigenvalue weighted by molar-refractivity contribution is 0.211. The molecule has 0 saturated heterocycles. The molecule has 0 rings (SSSR count). The van der Waals surface area contributed by atoms with E-state index in [4.69, 9.17) is 9.47 Å². The summed E-state index contributed by atoms with van der Waals surface area (Å²) in [6.45, 7) is 9.44. The Bertz CT molecular complexity index is 254. The number of aliphatic imine (C=N–C) groups is 1. The van der Waals surface area contributed by atoms with Crippen LogP contribution in [0.5, 0.6) is 0 Å².